The summed E-state index contributed by atoms with van der Waals surface area (Å²) in [7, 11) is 1.99. The van der Waals surface area contributed by atoms with Crippen LogP contribution < -0.4 is 5.73 Å². The van der Waals surface area contributed by atoms with Crippen LogP contribution in [-0.2, 0) is 11.3 Å². The van der Waals surface area contributed by atoms with Crippen LogP contribution in [0.4, 0.5) is 4.39 Å². The van der Waals surface area contributed by atoms with Crippen LogP contribution in [0.25, 0.3) is 0 Å². The Bertz CT molecular complexity index is 458. The third-order valence-corrected chi connectivity index (χ3v) is 3.34. The molecule has 0 spiro atoms. The Morgan fingerprint density at radius 3 is 3.00 bits per heavy atom. The van der Waals surface area contributed by atoms with Crippen molar-refractivity contribution in [3.8, 4) is 0 Å². The van der Waals surface area contributed by atoms with Gasteiger partial charge in [-0.05, 0) is 37.6 Å². The molecule has 3 N–H and O–H groups in total. The van der Waals surface area contributed by atoms with E-state index in [4.69, 9.17) is 15.9 Å². The number of halogens is 1. The molecule has 1 saturated heterocycles. The first-order chi connectivity index (χ1) is 9.06. The fourth-order valence-corrected chi connectivity index (χ4v) is 2.43. The zero-order chi connectivity index (χ0) is 13.8. The zero-order valence-electron chi connectivity index (χ0n) is 11.2. The first kappa shape index (κ1) is 14.0. The fourth-order valence-electron chi connectivity index (χ4n) is 2.43. The summed E-state index contributed by atoms with van der Waals surface area (Å²) in [5, 5.41) is 7.51. The molecule has 0 aliphatic carbocycles. The molecule has 0 aromatic heterocycles. The Morgan fingerprint density at radius 2 is 2.37 bits per heavy atom. The molecule has 1 aliphatic heterocycles. The normalized spacial score (nSPS) is 19.0. The Kier molecular flexibility index (Phi) is 4.50. The number of nitrogens with two attached hydrogens (primary N) is 1. The molecule has 0 bridgehead atoms. The number of amidine groups is 1. The van der Waals surface area contributed by atoms with Gasteiger partial charge in [0, 0.05) is 25.3 Å². The number of nitrogens with one attached hydrogen (secondary N) is 1. The van der Waals surface area contributed by atoms with Crippen molar-refractivity contribution >= 4 is 5.84 Å². The Morgan fingerprint density at radius 1 is 1.58 bits per heavy atom. The van der Waals surface area contributed by atoms with Crippen molar-refractivity contribution in [1.82, 2.24) is 4.90 Å². The van der Waals surface area contributed by atoms with Crippen molar-refractivity contribution in [2.45, 2.75) is 25.5 Å². The third-order valence-electron chi connectivity index (χ3n) is 3.34. The lowest BCUT2D eigenvalue weighted by molar-refractivity contribution is 0.0793. The van der Waals surface area contributed by atoms with Crippen LogP contribution in [0, 0.1) is 11.2 Å². The average Bonchev–Trinajstić information content (AvgIpc) is 2.83. The smallest absolute Gasteiger partial charge is 0.123 e. The maximum Gasteiger partial charge on any atom is 0.123 e. The van der Waals surface area contributed by atoms with Gasteiger partial charge in [0.05, 0.1) is 6.10 Å². The first-order valence-electron chi connectivity index (χ1n) is 6.49. The van der Waals surface area contributed by atoms with E-state index in [2.05, 4.69) is 4.90 Å². The van der Waals surface area contributed by atoms with Crippen LogP contribution in [-0.4, -0.2) is 37.0 Å². The predicted molar refractivity (Wildman–Crippen MR) is 72.7 cm³/mol. The standard InChI is InChI=1S/C14H20FN3O/c1-18(9-12-3-2-6-19-12)8-10-4-5-11(15)7-13(10)14(16)17/h4-5,7,12H,2-3,6,8-9H2,1H3,(H3,16,17). The van der Waals surface area contributed by atoms with Crippen molar-refractivity contribution in [2.24, 2.45) is 5.73 Å². The number of hydrogen-bond donors (Lipinski definition) is 2. The van der Waals surface area contributed by atoms with Crippen LogP contribution in [0.1, 0.15) is 24.0 Å². The fraction of sp³-hybridized carbons (Fsp3) is 0.500. The molecule has 0 saturated carbocycles. The van der Waals surface area contributed by atoms with Gasteiger partial charge >= 0.3 is 0 Å². The number of benzene rings is 1. The lowest BCUT2D eigenvalue weighted by Crippen LogP contribution is -2.29. The van der Waals surface area contributed by atoms with E-state index in [9.17, 15) is 4.39 Å². The number of hydrogen-bond acceptors (Lipinski definition) is 3. The maximum absolute atomic E-state index is 13.2. The van der Waals surface area contributed by atoms with Crippen molar-refractivity contribution in [3.63, 3.8) is 0 Å². The minimum absolute atomic E-state index is 0.0972. The molecule has 104 valence electrons. The van der Waals surface area contributed by atoms with Crippen LogP contribution in [0.15, 0.2) is 18.2 Å². The SMILES string of the molecule is CN(Cc1ccc(F)cc1C(=N)N)CC1CCCO1. The van der Waals surface area contributed by atoms with E-state index >= 15 is 0 Å². The van der Waals surface area contributed by atoms with Crippen molar-refractivity contribution in [3.05, 3.63) is 35.1 Å². The van der Waals surface area contributed by atoms with Crippen LogP contribution >= 0.6 is 0 Å². The van der Waals surface area contributed by atoms with Gasteiger partial charge in [-0.25, -0.2) is 4.39 Å². The van der Waals surface area contributed by atoms with E-state index in [0.29, 0.717) is 12.1 Å². The Hall–Kier alpha value is -1.46. The minimum atomic E-state index is -0.365. The third kappa shape index (κ3) is 3.75. The molecular formula is C14H20FN3O. The summed E-state index contributed by atoms with van der Waals surface area (Å²) in [6.45, 7) is 2.32. The summed E-state index contributed by atoms with van der Waals surface area (Å²) in [6.07, 6.45) is 2.49. The predicted octanol–water partition coefficient (Wildman–Crippen LogP) is 1.72. The highest BCUT2D eigenvalue weighted by molar-refractivity contribution is 5.96. The van der Waals surface area contributed by atoms with Crippen molar-refractivity contribution in [2.75, 3.05) is 20.2 Å². The summed E-state index contributed by atoms with van der Waals surface area (Å²) in [4.78, 5) is 2.12. The number of nitrogen functional groups attached to an aromatic ring is 1. The van der Waals surface area contributed by atoms with E-state index in [0.717, 1.165) is 31.6 Å². The molecule has 1 heterocycles. The molecule has 5 heteroatoms. The van der Waals surface area contributed by atoms with E-state index in [1.807, 2.05) is 7.05 Å². The van der Waals surface area contributed by atoms with Gasteiger partial charge < -0.3 is 10.5 Å². The number of ether oxygens (including phenoxy) is 1. The molecule has 1 aromatic rings. The average molecular weight is 265 g/mol. The summed E-state index contributed by atoms with van der Waals surface area (Å²) in [6, 6.07) is 4.41. The molecule has 0 radical (unpaired) electrons. The van der Waals surface area contributed by atoms with E-state index < -0.39 is 0 Å². The van der Waals surface area contributed by atoms with Crippen LogP contribution in [0.5, 0.6) is 0 Å². The van der Waals surface area contributed by atoms with Gasteiger partial charge in [0.15, 0.2) is 0 Å². The van der Waals surface area contributed by atoms with Gasteiger partial charge in [-0.15, -0.1) is 0 Å². The van der Waals surface area contributed by atoms with Gasteiger partial charge in [-0.2, -0.15) is 0 Å². The second-order valence-electron chi connectivity index (χ2n) is 5.05. The summed E-state index contributed by atoms with van der Waals surface area (Å²) in [5.41, 5.74) is 6.84. The second kappa shape index (κ2) is 6.12. The minimum Gasteiger partial charge on any atom is -0.384 e. The molecule has 4 nitrogen and oxygen atoms in total. The van der Waals surface area contributed by atoms with Gasteiger partial charge in [-0.3, -0.25) is 10.3 Å². The molecule has 1 aromatic carbocycles. The van der Waals surface area contributed by atoms with Crippen LogP contribution in [0.2, 0.25) is 0 Å². The molecule has 0 amide bonds. The van der Waals surface area contributed by atoms with E-state index in [-0.39, 0.29) is 17.8 Å². The second-order valence-corrected chi connectivity index (χ2v) is 5.05. The highest BCUT2D eigenvalue weighted by Gasteiger charge is 2.18. The van der Waals surface area contributed by atoms with Gasteiger partial charge in [0.1, 0.15) is 11.7 Å². The number of rotatable bonds is 5. The lowest BCUT2D eigenvalue weighted by Gasteiger charge is -2.21. The molecule has 1 atom stereocenters. The highest BCUT2D eigenvalue weighted by atomic mass is 19.1. The van der Waals surface area contributed by atoms with Crippen molar-refractivity contribution in [1.29, 1.82) is 5.41 Å². The molecule has 1 aliphatic rings. The summed E-state index contributed by atoms with van der Waals surface area (Å²) in [5.74, 6) is -0.462. The first-order valence-corrected chi connectivity index (χ1v) is 6.49. The Balaban J connectivity index is 2.03. The zero-order valence-corrected chi connectivity index (χ0v) is 11.2. The highest BCUT2D eigenvalue weighted by Crippen LogP contribution is 2.16. The monoisotopic (exact) mass is 265 g/mol. The summed E-state index contributed by atoms with van der Waals surface area (Å²) >= 11 is 0. The quantitative estimate of drug-likeness (QED) is 0.629. The van der Waals surface area contributed by atoms with Gasteiger partial charge in [0.2, 0.25) is 0 Å². The van der Waals surface area contributed by atoms with E-state index in [1.165, 1.54) is 12.1 Å². The van der Waals surface area contributed by atoms with Crippen molar-refractivity contribution < 1.29 is 9.13 Å². The largest absolute Gasteiger partial charge is 0.384 e. The van der Waals surface area contributed by atoms with Gasteiger partial charge in [0.25, 0.3) is 0 Å². The molecule has 1 fully saturated rings. The molecule has 19 heavy (non-hydrogen) atoms. The van der Waals surface area contributed by atoms with Gasteiger partial charge in [-0.1, -0.05) is 6.07 Å². The Labute approximate surface area is 112 Å². The summed E-state index contributed by atoms with van der Waals surface area (Å²) < 4.78 is 18.8. The molecule has 2 rings (SSSR count). The molecular weight excluding hydrogens is 245 g/mol. The topological polar surface area (TPSA) is 62.3 Å². The number of nitrogens with zero attached hydrogens (tertiary/aromatic N) is 1. The van der Waals surface area contributed by atoms with Crippen LogP contribution in [0.3, 0.4) is 0 Å². The number of likely N-dealkylation sites (N-methyl/N-ethyl adjacent to an activating group) is 1. The lowest BCUT2D eigenvalue weighted by atomic mass is 10.1. The van der Waals surface area contributed by atoms with E-state index in [1.54, 1.807) is 6.07 Å². The maximum atomic E-state index is 13.2. The molecule has 1 unspecified atom stereocenters.